The Morgan fingerprint density at radius 1 is 1.37 bits per heavy atom. The van der Waals surface area contributed by atoms with Crippen LogP contribution in [-0.2, 0) is 6.54 Å². The molecule has 1 heterocycles. The van der Waals surface area contributed by atoms with E-state index in [0.717, 1.165) is 24.5 Å². The predicted octanol–water partition coefficient (Wildman–Crippen LogP) is 3.20. The third-order valence-electron chi connectivity index (χ3n) is 4.06. The summed E-state index contributed by atoms with van der Waals surface area (Å²) in [4.78, 5) is 4.47. The first-order chi connectivity index (χ1) is 9.36. The van der Waals surface area contributed by atoms with Gasteiger partial charge in [-0.05, 0) is 37.4 Å². The predicted molar refractivity (Wildman–Crippen MR) is 79.2 cm³/mol. The normalized spacial score (nSPS) is 16.9. The lowest BCUT2D eigenvalue weighted by atomic mass is 10.1. The van der Waals surface area contributed by atoms with Crippen LogP contribution in [0.25, 0.3) is 11.0 Å². The number of imidazole rings is 1. The Bertz CT molecular complexity index is 528. The molecule has 0 bridgehead atoms. The van der Waals surface area contributed by atoms with Crippen molar-refractivity contribution in [3.63, 3.8) is 0 Å². The molecular weight excluding hydrogens is 234 g/mol. The number of benzene rings is 1. The molecule has 0 saturated heterocycles. The van der Waals surface area contributed by atoms with E-state index >= 15 is 0 Å². The maximum atomic E-state index is 4.47. The van der Waals surface area contributed by atoms with Gasteiger partial charge in [-0.15, -0.1) is 0 Å². The maximum Gasteiger partial charge on any atom is 0.0958 e. The van der Waals surface area contributed by atoms with Crippen molar-refractivity contribution in [2.75, 3.05) is 6.54 Å². The summed E-state index contributed by atoms with van der Waals surface area (Å²) in [6.45, 7) is 4.26. The Labute approximate surface area is 115 Å². The van der Waals surface area contributed by atoms with Crippen LogP contribution in [0.15, 0.2) is 30.6 Å². The minimum Gasteiger partial charge on any atom is -0.329 e. The molecule has 1 fully saturated rings. The van der Waals surface area contributed by atoms with Crippen LogP contribution in [0, 0.1) is 5.92 Å². The van der Waals surface area contributed by atoms with Gasteiger partial charge in [0, 0.05) is 12.6 Å². The number of rotatable bonds is 7. The van der Waals surface area contributed by atoms with Gasteiger partial charge in [-0.3, -0.25) is 0 Å². The number of fused-ring (bicyclic) bond motifs is 1. The molecule has 0 aliphatic heterocycles. The minimum atomic E-state index is 0.572. The number of hydrogen-bond donors (Lipinski definition) is 1. The number of likely N-dealkylation sites (N-methyl/N-ethyl adjacent to an activating group) is 1. The van der Waals surface area contributed by atoms with Crippen molar-refractivity contribution >= 4 is 11.0 Å². The van der Waals surface area contributed by atoms with Gasteiger partial charge in [0.25, 0.3) is 0 Å². The van der Waals surface area contributed by atoms with E-state index in [-0.39, 0.29) is 0 Å². The SMILES string of the molecule is CCNC(CCC1CC1)Cn1cnc2ccccc21. The van der Waals surface area contributed by atoms with E-state index in [1.807, 2.05) is 6.33 Å². The lowest BCUT2D eigenvalue weighted by Crippen LogP contribution is -2.33. The molecule has 1 N–H and O–H groups in total. The molecule has 3 heteroatoms. The number of nitrogens with one attached hydrogen (secondary N) is 1. The van der Waals surface area contributed by atoms with Gasteiger partial charge >= 0.3 is 0 Å². The summed E-state index contributed by atoms with van der Waals surface area (Å²) in [6, 6.07) is 8.95. The lowest BCUT2D eigenvalue weighted by Gasteiger charge is -2.18. The van der Waals surface area contributed by atoms with Crippen molar-refractivity contribution in [1.82, 2.24) is 14.9 Å². The molecule has 2 aromatic rings. The second kappa shape index (κ2) is 5.74. The molecule has 1 aliphatic rings. The lowest BCUT2D eigenvalue weighted by molar-refractivity contribution is 0.417. The molecule has 1 aromatic carbocycles. The highest BCUT2D eigenvalue weighted by Gasteiger charge is 2.22. The molecule has 1 unspecified atom stereocenters. The van der Waals surface area contributed by atoms with Crippen molar-refractivity contribution in [3.05, 3.63) is 30.6 Å². The standard InChI is InChI=1S/C16H23N3/c1-2-17-14(10-9-13-7-8-13)11-19-12-18-15-5-3-4-6-16(15)19/h3-6,12-14,17H,2,7-11H2,1H3. The molecule has 19 heavy (non-hydrogen) atoms. The molecule has 0 radical (unpaired) electrons. The molecule has 3 rings (SSSR count). The zero-order valence-electron chi connectivity index (χ0n) is 11.7. The van der Waals surface area contributed by atoms with Crippen LogP contribution in [0.4, 0.5) is 0 Å². The van der Waals surface area contributed by atoms with Crippen LogP contribution in [0.5, 0.6) is 0 Å². The van der Waals surface area contributed by atoms with Crippen molar-refractivity contribution < 1.29 is 0 Å². The smallest absolute Gasteiger partial charge is 0.0958 e. The zero-order valence-corrected chi connectivity index (χ0v) is 11.7. The van der Waals surface area contributed by atoms with Gasteiger partial charge < -0.3 is 9.88 Å². The van der Waals surface area contributed by atoms with E-state index < -0.39 is 0 Å². The monoisotopic (exact) mass is 257 g/mol. The average molecular weight is 257 g/mol. The second-order valence-corrected chi connectivity index (χ2v) is 5.66. The highest BCUT2D eigenvalue weighted by Crippen LogP contribution is 2.34. The molecule has 0 spiro atoms. The number of aromatic nitrogens is 2. The second-order valence-electron chi connectivity index (χ2n) is 5.66. The molecule has 102 valence electrons. The molecule has 3 nitrogen and oxygen atoms in total. The largest absolute Gasteiger partial charge is 0.329 e. The Hall–Kier alpha value is -1.35. The zero-order chi connectivity index (χ0) is 13.1. The van der Waals surface area contributed by atoms with Gasteiger partial charge in [-0.1, -0.05) is 31.9 Å². The van der Waals surface area contributed by atoms with E-state index in [0.29, 0.717) is 6.04 Å². The third-order valence-corrected chi connectivity index (χ3v) is 4.06. The first-order valence-electron chi connectivity index (χ1n) is 7.50. The van der Waals surface area contributed by atoms with Crippen LogP contribution in [0.1, 0.15) is 32.6 Å². The quantitative estimate of drug-likeness (QED) is 0.825. The van der Waals surface area contributed by atoms with Gasteiger partial charge in [0.15, 0.2) is 0 Å². The summed E-state index contributed by atoms with van der Waals surface area (Å²) in [5.41, 5.74) is 2.34. The highest BCUT2D eigenvalue weighted by molar-refractivity contribution is 5.74. The Morgan fingerprint density at radius 3 is 3.00 bits per heavy atom. The summed E-state index contributed by atoms with van der Waals surface area (Å²) >= 11 is 0. The van der Waals surface area contributed by atoms with E-state index in [2.05, 4.69) is 46.1 Å². The first kappa shape index (κ1) is 12.7. The van der Waals surface area contributed by atoms with Crippen LogP contribution in [0.2, 0.25) is 0 Å². The minimum absolute atomic E-state index is 0.572. The van der Waals surface area contributed by atoms with Crippen LogP contribution in [-0.4, -0.2) is 22.1 Å². The van der Waals surface area contributed by atoms with Gasteiger partial charge in [0.1, 0.15) is 0 Å². The topological polar surface area (TPSA) is 29.9 Å². The highest BCUT2D eigenvalue weighted by atomic mass is 15.1. The summed E-state index contributed by atoms with van der Waals surface area (Å²) in [7, 11) is 0. The maximum absolute atomic E-state index is 4.47. The Morgan fingerprint density at radius 2 is 2.21 bits per heavy atom. The molecular formula is C16H23N3. The van der Waals surface area contributed by atoms with Crippen LogP contribution >= 0.6 is 0 Å². The average Bonchev–Trinajstić information content (AvgIpc) is 3.18. The van der Waals surface area contributed by atoms with Crippen molar-refractivity contribution in [2.45, 2.75) is 45.2 Å². The van der Waals surface area contributed by atoms with E-state index in [4.69, 9.17) is 0 Å². The molecule has 1 saturated carbocycles. The van der Waals surface area contributed by atoms with E-state index in [9.17, 15) is 0 Å². The fourth-order valence-electron chi connectivity index (χ4n) is 2.78. The van der Waals surface area contributed by atoms with E-state index in [1.165, 1.54) is 31.2 Å². The summed E-state index contributed by atoms with van der Waals surface area (Å²) in [5.74, 6) is 1.01. The first-order valence-corrected chi connectivity index (χ1v) is 7.50. The molecule has 1 aliphatic carbocycles. The number of para-hydroxylation sites is 2. The van der Waals surface area contributed by atoms with Gasteiger partial charge in [0.2, 0.25) is 0 Å². The Balaban J connectivity index is 1.68. The van der Waals surface area contributed by atoms with Gasteiger partial charge in [0.05, 0.1) is 17.4 Å². The molecule has 0 amide bonds. The van der Waals surface area contributed by atoms with Crippen LogP contribution < -0.4 is 5.32 Å². The molecule has 1 atom stereocenters. The van der Waals surface area contributed by atoms with Crippen LogP contribution in [0.3, 0.4) is 0 Å². The fraction of sp³-hybridized carbons (Fsp3) is 0.562. The summed E-state index contributed by atoms with van der Waals surface area (Å²) in [5, 5.41) is 3.62. The molecule has 1 aromatic heterocycles. The summed E-state index contributed by atoms with van der Waals surface area (Å²) in [6.07, 6.45) is 7.54. The number of nitrogens with zero attached hydrogens (tertiary/aromatic N) is 2. The van der Waals surface area contributed by atoms with Gasteiger partial charge in [-0.2, -0.15) is 0 Å². The van der Waals surface area contributed by atoms with Crippen molar-refractivity contribution in [3.8, 4) is 0 Å². The Kier molecular flexibility index (Phi) is 3.83. The van der Waals surface area contributed by atoms with Crippen molar-refractivity contribution in [2.24, 2.45) is 5.92 Å². The van der Waals surface area contributed by atoms with E-state index in [1.54, 1.807) is 0 Å². The fourth-order valence-corrected chi connectivity index (χ4v) is 2.78. The van der Waals surface area contributed by atoms with Crippen molar-refractivity contribution in [1.29, 1.82) is 0 Å². The third kappa shape index (κ3) is 3.16. The number of hydrogen-bond acceptors (Lipinski definition) is 2. The summed E-state index contributed by atoms with van der Waals surface area (Å²) < 4.78 is 2.29. The van der Waals surface area contributed by atoms with Gasteiger partial charge in [-0.25, -0.2) is 4.98 Å².